The largest absolute Gasteiger partial charge is 0.464 e. The summed E-state index contributed by atoms with van der Waals surface area (Å²) in [6.45, 7) is 2.02. The number of carbonyl (C=O) groups excluding carboxylic acids is 1. The molecule has 0 unspecified atom stereocenters. The molecule has 1 aromatic heterocycles. The number of hydrogen-bond acceptors (Lipinski definition) is 3. The van der Waals surface area contributed by atoms with E-state index in [1.807, 2.05) is 64.4 Å². The van der Waals surface area contributed by atoms with Gasteiger partial charge in [-0.15, -0.1) is 0 Å². The van der Waals surface area contributed by atoms with Crippen LogP contribution in [0.25, 0.3) is 0 Å². The molecule has 0 saturated carbocycles. The van der Waals surface area contributed by atoms with E-state index in [0.29, 0.717) is 14.1 Å². The van der Waals surface area contributed by atoms with Crippen molar-refractivity contribution in [3.63, 3.8) is 0 Å². The second-order valence-electron chi connectivity index (χ2n) is 3.97. The average Bonchev–Trinajstić information content (AvgIpc) is 2.72. The Hall–Kier alpha value is -0.890. The van der Waals surface area contributed by atoms with Crippen LogP contribution in [0, 0.1) is 3.70 Å². The van der Waals surface area contributed by atoms with E-state index >= 15 is 0 Å². The SMILES string of the molecule is COC(=O)c1c(I)nc(Br)n1[C@H](C)c1ccccc1. The van der Waals surface area contributed by atoms with Crippen molar-refractivity contribution >= 4 is 44.5 Å². The fourth-order valence-corrected chi connectivity index (χ4v) is 3.59. The van der Waals surface area contributed by atoms with Crippen molar-refractivity contribution in [3.05, 3.63) is 50.0 Å². The fourth-order valence-electron chi connectivity index (χ4n) is 1.89. The maximum Gasteiger partial charge on any atom is 0.357 e. The van der Waals surface area contributed by atoms with Gasteiger partial charge in [0.1, 0.15) is 3.70 Å². The van der Waals surface area contributed by atoms with Crippen LogP contribution in [0.3, 0.4) is 0 Å². The van der Waals surface area contributed by atoms with Crippen LogP contribution >= 0.6 is 38.5 Å². The minimum Gasteiger partial charge on any atom is -0.464 e. The lowest BCUT2D eigenvalue weighted by Gasteiger charge is -2.17. The second kappa shape index (κ2) is 6.04. The summed E-state index contributed by atoms with van der Waals surface area (Å²) >= 11 is 5.44. The zero-order valence-corrected chi connectivity index (χ0v) is 14.2. The number of methoxy groups -OCH3 is 1. The number of halogens is 2. The Kier molecular flexibility index (Phi) is 4.62. The first-order valence-electron chi connectivity index (χ1n) is 5.62. The predicted molar refractivity (Wildman–Crippen MR) is 84.2 cm³/mol. The monoisotopic (exact) mass is 434 g/mol. The van der Waals surface area contributed by atoms with E-state index in [2.05, 4.69) is 20.9 Å². The van der Waals surface area contributed by atoms with E-state index in [1.165, 1.54) is 7.11 Å². The van der Waals surface area contributed by atoms with E-state index in [0.717, 1.165) is 5.56 Å². The molecule has 19 heavy (non-hydrogen) atoms. The molecule has 0 aliphatic rings. The average molecular weight is 435 g/mol. The highest BCUT2D eigenvalue weighted by atomic mass is 127. The van der Waals surface area contributed by atoms with Gasteiger partial charge in [-0.25, -0.2) is 9.78 Å². The van der Waals surface area contributed by atoms with Crippen LogP contribution in [0.2, 0.25) is 0 Å². The molecule has 2 aromatic rings. The molecule has 100 valence electrons. The van der Waals surface area contributed by atoms with E-state index < -0.39 is 0 Å². The quantitative estimate of drug-likeness (QED) is 0.547. The number of esters is 1. The molecule has 0 fully saturated rings. The van der Waals surface area contributed by atoms with Crippen molar-refractivity contribution in [1.82, 2.24) is 9.55 Å². The van der Waals surface area contributed by atoms with Gasteiger partial charge in [0.25, 0.3) is 0 Å². The summed E-state index contributed by atoms with van der Waals surface area (Å²) in [7, 11) is 1.37. The Morgan fingerprint density at radius 1 is 1.42 bits per heavy atom. The van der Waals surface area contributed by atoms with Gasteiger partial charge in [0, 0.05) is 0 Å². The summed E-state index contributed by atoms with van der Waals surface area (Å²) in [5.41, 5.74) is 1.56. The summed E-state index contributed by atoms with van der Waals surface area (Å²) in [5.74, 6) is -0.384. The van der Waals surface area contributed by atoms with Crippen molar-refractivity contribution in [3.8, 4) is 0 Å². The molecule has 1 heterocycles. The Morgan fingerprint density at radius 3 is 2.63 bits per heavy atom. The van der Waals surface area contributed by atoms with Gasteiger partial charge in [-0.1, -0.05) is 30.3 Å². The van der Waals surface area contributed by atoms with Gasteiger partial charge in [0.05, 0.1) is 13.2 Å². The first-order valence-corrected chi connectivity index (χ1v) is 7.50. The van der Waals surface area contributed by atoms with Crippen LogP contribution in [0.5, 0.6) is 0 Å². The van der Waals surface area contributed by atoms with Crippen LogP contribution in [-0.2, 0) is 4.74 Å². The van der Waals surface area contributed by atoms with Crippen LogP contribution in [0.1, 0.15) is 29.0 Å². The summed E-state index contributed by atoms with van der Waals surface area (Å²) in [5, 5.41) is 0. The highest BCUT2D eigenvalue weighted by Gasteiger charge is 2.25. The summed E-state index contributed by atoms with van der Waals surface area (Å²) < 4.78 is 7.91. The minimum absolute atomic E-state index is 0.0132. The van der Waals surface area contributed by atoms with Crippen molar-refractivity contribution < 1.29 is 9.53 Å². The number of aromatic nitrogens is 2. The molecular formula is C13H12BrIN2O2. The van der Waals surface area contributed by atoms with Crippen LogP contribution < -0.4 is 0 Å². The first-order chi connectivity index (χ1) is 9.06. The summed E-state index contributed by atoms with van der Waals surface area (Å²) in [6.07, 6.45) is 0. The van der Waals surface area contributed by atoms with Crippen molar-refractivity contribution in [2.24, 2.45) is 0 Å². The van der Waals surface area contributed by atoms with E-state index in [9.17, 15) is 4.79 Å². The molecule has 1 aromatic carbocycles. The molecule has 0 amide bonds. The predicted octanol–water partition coefficient (Wildman–Crippen LogP) is 3.65. The lowest BCUT2D eigenvalue weighted by molar-refractivity contribution is 0.0585. The van der Waals surface area contributed by atoms with Crippen molar-refractivity contribution in [2.75, 3.05) is 7.11 Å². The van der Waals surface area contributed by atoms with Gasteiger partial charge < -0.3 is 9.30 Å². The normalized spacial score (nSPS) is 12.2. The van der Waals surface area contributed by atoms with E-state index in [4.69, 9.17) is 4.74 Å². The third kappa shape index (κ3) is 2.84. The fraction of sp³-hybridized carbons (Fsp3) is 0.231. The Morgan fingerprint density at radius 2 is 2.05 bits per heavy atom. The van der Waals surface area contributed by atoms with Gasteiger partial charge >= 0.3 is 5.97 Å². The number of benzene rings is 1. The molecule has 6 heteroatoms. The molecule has 1 atom stereocenters. The van der Waals surface area contributed by atoms with Gasteiger partial charge in [-0.2, -0.15) is 0 Å². The Labute approximate surface area is 133 Å². The van der Waals surface area contributed by atoms with Crippen LogP contribution in [0.4, 0.5) is 0 Å². The molecular weight excluding hydrogens is 423 g/mol. The number of imidazole rings is 1. The highest BCUT2D eigenvalue weighted by molar-refractivity contribution is 14.1. The Balaban J connectivity index is 2.53. The second-order valence-corrected chi connectivity index (χ2v) is 5.70. The summed E-state index contributed by atoms with van der Waals surface area (Å²) in [4.78, 5) is 16.2. The highest BCUT2D eigenvalue weighted by Crippen LogP contribution is 2.28. The molecule has 0 aliphatic heterocycles. The number of nitrogens with zero attached hydrogens (tertiary/aromatic N) is 2. The standard InChI is InChI=1S/C13H12BrIN2O2/c1-8(9-6-4-3-5-7-9)17-10(12(18)19-2)11(15)16-13(17)14/h3-8H,1-2H3/t8-/m1/s1. The number of carbonyl (C=O) groups is 1. The third-order valence-electron chi connectivity index (χ3n) is 2.87. The van der Waals surface area contributed by atoms with Crippen molar-refractivity contribution in [2.45, 2.75) is 13.0 Å². The lowest BCUT2D eigenvalue weighted by Crippen LogP contribution is -2.16. The zero-order valence-electron chi connectivity index (χ0n) is 10.4. The zero-order chi connectivity index (χ0) is 14.0. The molecule has 0 bridgehead atoms. The van der Waals surface area contributed by atoms with E-state index in [1.54, 1.807) is 0 Å². The maximum absolute atomic E-state index is 11.9. The van der Waals surface area contributed by atoms with Gasteiger partial charge in [0.2, 0.25) is 0 Å². The van der Waals surface area contributed by atoms with Crippen molar-refractivity contribution in [1.29, 1.82) is 0 Å². The van der Waals surface area contributed by atoms with E-state index in [-0.39, 0.29) is 12.0 Å². The molecule has 0 radical (unpaired) electrons. The molecule has 0 spiro atoms. The first kappa shape index (κ1) is 14.5. The molecule has 4 nitrogen and oxygen atoms in total. The topological polar surface area (TPSA) is 44.1 Å². The van der Waals surface area contributed by atoms with Crippen LogP contribution in [-0.4, -0.2) is 22.6 Å². The summed E-state index contributed by atoms with van der Waals surface area (Å²) in [6, 6.07) is 9.93. The molecule has 0 N–H and O–H groups in total. The smallest absolute Gasteiger partial charge is 0.357 e. The number of hydrogen-bond donors (Lipinski definition) is 0. The lowest BCUT2D eigenvalue weighted by atomic mass is 10.1. The molecule has 0 aliphatic carbocycles. The molecule has 0 saturated heterocycles. The number of rotatable bonds is 3. The Bertz CT molecular complexity index is 598. The van der Waals surface area contributed by atoms with Gasteiger partial charge in [-0.3, -0.25) is 0 Å². The maximum atomic E-state index is 11.9. The van der Waals surface area contributed by atoms with Gasteiger partial charge in [0.15, 0.2) is 10.4 Å². The minimum atomic E-state index is -0.384. The molecule has 2 rings (SSSR count). The van der Waals surface area contributed by atoms with Gasteiger partial charge in [-0.05, 0) is 51.0 Å². The van der Waals surface area contributed by atoms with Crippen LogP contribution in [0.15, 0.2) is 35.1 Å². The number of ether oxygens (including phenoxy) is 1. The third-order valence-corrected chi connectivity index (χ3v) is 4.19.